The number of aliphatic imine (C=N–C) groups is 1. The number of nitrogens with zero attached hydrogens (tertiary/aromatic N) is 3. The van der Waals surface area contributed by atoms with Crippen molar-refractivity contribution in [3.8, 4) is 27.9 Å². The first kappa shape index (κ1) is 31.9. The Kier molecular flexibility index (Phi) is 7.05. The van der Waals surface area contributed by atoms with Gasteiger partial charge in [-0.15, -0.1) is 0 Å². The van der Waals surface area contributed by atoms with E-state index in [-0.39, 0.29) is 6.17 Å². The molecule has 3 aromatic heterocycles. The van der Waals surface area contributed by atoms with Crippen LogP contribution in [0.15, 0.2) is 197 Å². The van der Waals surface area contributed by atoms with Crippen molar-refractivity contribution in [1.29, 1.82) is 0 Å². The highest BCUT2D eigenvalue weighted by Crippen LogP contribution is 2.41. The monoisotopic (exact) mass is 732 g/mol. The van der Waals surface area contributed by atoms with Gasteiger partial charge in [-0.3, -0.25) is 4.57 Å². The molecule has 12 rings (SSSR count). The molecule has 0 spiro atoms. The first-order chi connectivity index (χ1) is 28.3. The Labute approximate surface area is 329 Å². The van der Waals surface area contributed by atoms with Crippen LogP contribution < -0.4 is 5.32 Å². The number of aromatic nitrogens is 2. The Bertz CT molecular complexity index is 3340. The largest absolute Gasteiger partial charge is 0.451 e. The fraction of sp³-hybridized carbons (Fsp3) is 0.0577. The molecule has 0 amide bonds. The van der Waals surface area contributed by atoms with Crippen molar-refractivity contribution in [2.75, 3.05) is 5.32 Å². The molecular weight excluding hydrogens is 697 g/mol. The molecule has 1 aliphatic heterocycles. The number of fused-ring (bicyclic) bond motifs is 9. The van der Waals surface area contributed by atoms with Gasteiger partial charge in [0.1, 0.15) is 11.7 Å². The summed E-state index contributed by atoms with van der Waals surface area (Å²) in [6.07, 6.45) is 8.60. The maximum Gasteiger partial charge on any atom is 0.194 e. The lowest BCUT2D eigenvalue weighted by atomic mass is 10.0. The van der Waals surface area contributed by atoms with Crippen molar-refractivity contribution in [2.45, 2.75) is 19.0 Å². The minimum absolute atomic E-state index is 0.229. The second-order valence-electron chi connectivity index (χ2n) is 15.1. The van der Waals surface area contributed by atoms with Crippen LogP contribution >= 0.6 is 0 Å². The summed E-state index contributed by atoms with van der Waals surface area (Å²) in [6, 6.07) is 58.9. The predicted molar refractivity (Wildman–Crippen MR) is 237 cm³/mol. The van der Waals surface area contributed by atoms with Crippen LogP contribution in [0.1, 0.15) is 18.6 Å². The molecule has 1 atom stereocenters. The minimum atomic E-state index is -0.229. The average molecular weight is 733 g/mol. The van der Waals surface area contributed by atoms with Crippen molar-refractivity contribution in [1.82, 2.24) is 9.13 Å². The van der Waals surface area contributed by atoms with Gasteiger partial charge in [-0.2, -0.15) is 0 Å². The third kappa shape index (κ3) is 4.99. The predicted octanol–water partition coefficient (Wildman–Crippen LogP) is 13.3. The summed E-state index contributed by atoms with van der Waals surface area (Å²) >= 11 is 0. The van der Waals surface area contributed by atoms with Crippen molar-refractivity contribution < 1.29 is 4.42 Å². The second-order valence-corrected chi connectivity index (χ2v) is 15.1. The number of rotatable bonds is 4. The summed E-state index contributed by atoms with van der Waals surface area (Å²) < 4.78 is 11.4. The third-order valence-corrected chi connectivity index (χ3v) is 11.8. The van der Waals surface area contributed by atoms with E-state index in [9.17, 15) is 0 Å². The van der Waals surface area contributed by atoms with E-state index in [0.717, 1.165) is 63.4 Å². The maximum atomic E-state index is 6.65. The quantitative estimate of drug-likeness (QED) is 0.196. The topological polar surface area (TPSA) is 47.4 Å². The highest BCUT2D eigenvalue weighted by Gasteiger charge is 2.31. The van der Waals surface area contributed by atoms with E-state index in [1.54, 1.807) is 0 Å². The van der Waals surface area contributed by atoms with Crippen LogP contribution in [0.2, 0.25) is 0 Å². The van der Waals surface area contributed by atoms with Crippen molar-refractivity contribution in [3.05, 3.63) is 193 Å². The Morgan fingerprint density at radius 2 is 1.18 bits per heavy atom. The van der Waals surface area contributed by atoms with Crippen LogP contribution in [0.4, 0.5) is 5.69 Å². The van der Waals surface area contributed by atoms with Crippen molar-refractivity contribution in [2.24, 2.45) is 4.99 Å². The van der Waals surface area contributed by atoms with Crippen LogP contribution in [0.5, 0.6) is 0 Å². The zero-order chi connectivity index (χ0) is 37.5. The van der Waals surface area contributed by atoms with Gasteiger partial charge in [0.2, 0.25) is 0 Å². The van der Waals surface area contributed by atoms with Gasteiger partial charge in [0.25, 0.3) is 0 Å². The van der Waals surface area contributed by atoms with E-state index in [4.69, 9.17) is 9.41 Å². The van der Waals surface area contributed by atoms with Crippen LogP contribution in [0.25, 0.3) is 82.5 Å². The second kappa shape index (κ2) is 12.6. The first-order valence-electron chi connectivity index (χ1n) is 19.7. The molecule has 0 saturated carbocycles. The van der Waals surface area contributed by atoms with Crippen LogP contribution in [-0.2, 0) is 0 Å². The lowest BCUT2D eigenvalue weighted by Gasteiger charge is -2.25. The number of allylic oxidation sites excluding steroid dienone is 2. The highest BCUT2D eigenvalue weighted by molar-refractivity contribution is 6.21. The Balaban J connectivity index is 1.04. The minimum Gasteiger partial charge on any atom is -0.451 e. The number of benzene rings is 7. The zero-order valence-electron chi connectivity index (χ0n) is 31.1. The molecule has 0 fully saturated rings. The van der Waals surface area contributed by atoms with Gasteiger partial charge in [0, 0.05) is 32.6 Å². The van der Waals surface area contributed by atoms with Gasteiger partial charge < -0.3 is 14.3 Å². The molecule has 5 heteroatoms. The van der Waals surface area contributed by atoms with E-state index < -0.39 is 0 Å². The average Bonchev–Trinajstić information content (AvgIpc) is 3.94. The zero-order valence-corrected chi connectivity index (χ0v) is 31.1. The molecule has 7 aromatic carbocycles. The van der Waals surface area contributed by atoms with Gasteiger partial charge in [-0.25, -0.2) is 4.99 Å². The number of hydrogen-bond acceptors (Lipinski definition) is 3. The van der Waals surface area contributed by atoms with Crippen molar-refractivity contribution in [3.63, 3.8) is 0 Å². The lowest BCUT2D eigenvalue weighted by molar-refractivity contribution is 0.597. The Hall–Kier alpha value is -7.37. The summed E-state index contributed by atoms with van der Waals surface area (Å²) in [7, 11) is 0. The van der Waals surface area contributed by atoms with E-state index in [1.165, 1.54) is 54.8 Å². The molecular formula is C52H36N4O. The molecule has 4 heterocycles. The maximum absolute atomic E-state index is 6.65. The Morgan fingerprint density at radius 1 is 0.509 bits per heavy atom. The van der Waals surface area contributed by atoms with Gasteiger partial charge >= 0.3 is 0 Å². The van der Waals surface area contributed by atoms with E-state index >= 15 is 0 Å². The molecule has 0 radical (unpaired) electrons. The van der Waals surface area contributed by atoms with E-state index in [0.29, 0.717) is 0 Å². The summed E-state index contributed by atoms with van der Waals surface area (Å²) in [4.78, 5) is 5.44. The van der Waals surface area contributed by atoms with Crippen LogP contribution in [-0.4, -0.2) is 21.1 Å². The molecule has 1 N–H and O–H groups in total. The van der Waals surface area contributed by atoms with E-state index in [2.05, 4.69) is 184 Å². The number of anilines is 1. The fourth-order valence-electron chi connectivity index (χ4n) is 9.11. The molecule has 270 valence electrons. The molecule has 0 saturated heterocycles. The summed E-state index contributed by atoms with van der Waals surface area (Å²) in [5.41, 5.74) is 13.4. The molecule has 57 heavy (non-hydrogen) atoms. The third-order valence-electron chi connectivity index (χ3n) is 11.8. The SMILES string of the molecule is C1=CC(C2N=C(n3c4ccccc4c4cc(-c5ccc6c7ccccc7n(-c7cccc(-c8ccccc8)c7)c6c5)ccc43)c3oc4ccccc4c3N2)=CCC1. The number of para-hydroxylation sites is 3. The van der Waals surface area contributed by atoms with Gasteiger partial charge in [-0.1, -0.05) is 127 Å². The summed E-state index contributed by atoms with van der Waals surface area (Å²) in [5, 5.41) is 9.63. The fourth-order valence-corrected chi connectivity index (χ4v) is 9.11. The summed E-state index contributed by atoms with van der Waals surface area (Å²) in [5.74, 6) is 1.57. The van der Waals surface area contributed by atoms with Gasteiger partial charge in [0.05, 0.1) is 27.8 Å². The first-order valence-corrected chi connectivity index (χ1v) is 19.7. The smallest absolute Gasteiger partial charge is 0.194 e. The van der Waals surface area contributed by atoms with E-state index in [1.807, 2.05) is 12.1 Å². The molecule has 1 unspecified atom stereocenters. The number of nitrogens with one attached hydrogen (secondary N) is 1. The van der Waals surface area contributed by atoms with Crippen molar-refractivity contribution >= 4 is 66.1 Å². The number of furan rings is 1. The molecule has 5 nitrogen and oxygen atoms in total. The lowest BCUT2D eigenvalue weighted by Crippen LogP contribution is -2.30. The molecule has 0 bridgehead atoms. The summed E-state index contributed by atoms with van der Waals surface area (Å²) in [6.45, 7) is 0. The van der Waals surface area contributed by atoms with Gasteiger partial charge in [-0.05, 0) is 95.3 Å². The highest BCUT2D eigenvalue weighted by atomic mass is 16.3. The molecule has 10 aromatic rings. The van der Waals surface area contributed by atoms with Gasteiger partial charge in [0.15, 0.2) is 11.6 Å². The van der Waals surface area contributed by atoms with Crippen LogP contribution in [0.3, 0.4) is 0 Å². The molecule has 2 aliphatic rings. The standard InChI is InChI=1S/C52H36N4O/c1-3-14-33(15-4-1)35-18-13-19-38(30-35)55-44-23-10-7-20-39(44)41-28-26-37(32-47(41)55)36-27-29-46-43(31-36)40-21-8-11-24-45(40)56(46)52-50-49(42-22-9-12-25-48(42)57-50)53-51(54-52)34-16-5-2-6-17-34/h1,3-5,7-32,51,53H,2,6H2. The normalized spacial score (nSPS) is 15.3. The number of hydrogen-bond donors (Lipinski definition) is 1. The van der Waals surface area contributed by atoms with Crippen LogP contribution in [0, 0.1) is 0 Å². The molecule has 1 aliphatic carbocycles. The Morgan fingerprint density at radius 3 is 2.02 bits per heavy atom.